The fourth-order valence-electron chi connectivity index (χ4n) is 3.63. The van der Waals surface area contributed by atoms with Crippen LogP contribution in [0.4, 0.5) is 10.5 Å². The highest BCUT2D eigenvalue weighted by Gasteiger charge is 2.39. The second-order valence-corrected chi connectivity index (χ2v) is 7.99. The first-order chi connectivity index (χ1) is 13.4. The number of likely N-dealkylation sites (tertiary alicyclic amines) is 1. The van der Waals surface area contributed by atoms with Crippen molar-refractivity contribution in [1.29, 1.82) is 0 Å². The van der Waals surface area contributed by atoms with Crippen molar-refractivity contribution in [2.75, 3.05) is 18.4 Å². The molecule has 2 aromatic rings. The van der Waals surface area contributed by atoms with Crippen LogP contribution >= 0.6 is 0 Å². The smallest absolute Gasteiger partial charge is 0.321 e. The van der Waals surface area contributed by atoms with Crippen LogP contribution in [0.25, 0.3) is 0 Å². The molecule has 3 rings (SSSR count). The van der Waals surface area contributed by atoms with E-state index in [1.165, 1.54) is 0 Å². The lowest BCUT2D eigenvalue weighted by Gasteiger charge is -2.39. The zero-order chi connectivity index (χ0) is 20.1. The number of piperidine rings is 1. The minimum atomic E-state index is -0.578. The molecule has 1 fully saturated rings. The molecular formula is C23H29N3O2. The first-order valence-corrected chi connectivity index (χ1v) is 9.83. The molecule has 2 N–H and O–H groups in total. The fourth-order valence-corrected chi connectivity index (χ4v) is 3.63. The summed E-state index contributed by atoms with van der Waals surface area (Å²) in [5, 5.41) is 6.00. The topological polar surface area (TPSA) is 61.4 Å². The lowest BCUT2D eigenvalue weighted by atomic mass is 9.81. The highest BCUT2D eigenvalue weighted by molar-refractivity contribution is 5.90. The summed E-state index contributed by atoms with van der Waals surface area (Å²) >= 11 is 0. The first kappa shape index (κ1) is 19.9. The van der Waals surface area contributed by atoms with Gasteiger partial charge in [-0.25, -0.2) is 4.79 Å². The van der Waals surface area contributed by atoms with Crippen LogP contribution in [-0.4, -0.2) is 29.9 Å². The van der Waals surface area contributed by atoms with Crippen LogP contribution in [-0.2, 0) is 11.3 Å². The summed E-state index contributed by atoms with van der Waals surface area (Å²) < 4.78 is 0. The SMILES string of the molecule is Cc1ccc(NC(=O)N2CCC[C@](C)(C(=O)NCc3ccccc3C)C2)cc1. The number of urea groups is 1. The van der Waals surface area contributed by atoms with Gasteiger partial charge < -0.3 is 15.5 Å². The summed E-state index contributed by atoms with van der Waals surface area (Å²) in [6, 6.07) is 15.6. The molecule has 1 aliphatic heterocycles. The van der Waals surface area contributed by atoms with E-state index in [-0.39, 0.29) is 11.9 Å². The first-order valence-electron chi connectivity index (χ1n) is 9.83. The maximum atomic E-state index is 12.9. The van der Waals surface area contributed by atoms with Crippen molar-refractivity contribution in [2.24, 2.45) is 5.41 Å². The zero-order valence-corrected chi connectivity index (χ0v) is 16.9. The molecule has 2 aromatic carbocycles. The van der Waals surface area contributed by atoms with E-state index in [1.807, 2.05) is 69.3 Å². The van der Waals surface area contributed by atoms with Crippen LogP contribution in [0.15, 0.2) is 48.5 Å². The van der Waals surface area contributed by atoms with Gasteiger partial charge in [-0.05, 0) is 56.9 Å². The van der Waals surface area contributed by atoms with E-state index in [0.717, 1.165) is 35.2 Å². The third-order valence-corrected chi connectivity index (χ3v) is 5.54. The van der Waals surface area contributed by atoms with Crippen LogP contribution in [0.3, 0.4) is 0 Å². The molecule has 0 spiro atoms. The largest absolute Gasteiger partial charge is 0.351 e. The van der Waals surface area contributed by atoms with E-state index < -0.39 is 5.41 Å². The second kappa shape index (κ2) is 8.46. The predicted molar refractivity (Wildman–Crippen MR) is 112 cm³/mol. The van der Waals surface area contributed by atoms with Crippen LogP contribution in [0.2, 0.25) is 0 Å². The van der Waals surface area contributed by atoms with Crippen molar-refractivity contribution < 1.29 is 9.59 Å². The minimum absolute atomic E-state index is 0.00332. The van der Waals surface area contributed by atoms with Gasteiger partial charge in [0.05, 0.1) is 5.41 Å². The molecule has 28 heavy (non-hydrogen) atoms. The van der Waals surface area contributed by atoms with Gasteiger partial charge in [0.25, 0.3) is 0 Å². The number of nitrogens with one attached hydrogen (secondary N) is 2. The number of aryl methyl sites for hydroxylation is 2. The van der Waals surface area contributed by atoms with E-state index in [1.54, 1.807) is 4.90 Å². The van der Waals surface area contributed by atoms with Crippen molar-refractivity contribution in [1.82, 2.24) is 10.2 Å². The fraction of sp³-hybridized carbons (Fsp3) is 0.391. The average molecular weight is 380 g/mol. The third kappa shape index (κ3) is 4.71. The standard InChI is InChI=1S/C23H29N3O2/c1-17-9-11-20(12-10-17)25-22(28)26-14-6-13-23(3,16-26)21(27)24-15-19-8-5-4-7-18(19)2/h4-5,7-12H,6,13-16H2,1-3H3,(H,24,27)(H,25,28)/t23-/m0/s1. The highest BCUT2D eigenvalue weighted by atomic mass is 16.2. The van der Waals surface area contributed by atoms with Gasteiger partial charge in [-0.1, -0.05) is 42.0 Å². The van der Waals surface area contributed by atoms with E-state index >= 15 is 0 Å². The van der Waals surface area contributed by atoms with Gasteiger partial charge in [-0.15, -0.1) is 0 Å². The average Bonchev–Trinajstić information content (AvgIpc) is 2.69. The Morgan fingerprint density at radius 3 is 2.50 bits per heavy atom. The summed E-state index contributed by atoms with van der Waals surface area (Å²) in [6.45, 7) is 7.60. The second-order valence-electron chi connectivity index (χ2n) is 7.99. The molecule has 0 bridgehead atoms. The highest BCUT2D eigenvalue weighted by Crippen LogP contribution is 2.30. The Bertz CT molecular complexity index is 847. The number of carbonyl (C=O) groups excluding carboxylic acids is 2. The molecule has 3 amide bonds. The van der Waals surface area contributed by atoms with Gasteiger partial charge in [0.15, 0.2) is 0 Å². The number of carbonyl (C=O) groups is 2. The third-order valence-electron chi connectivity index (χ3n) is 5.54. The molecule has 0 unspecified atom stereocenters. The molecule has 1 atom stereocenters. The molecule has 0 aliphatic carbocycles. The molecule has 5 heteroatoms. The molecule has 0 radical (unpaired) electrons. The number of nitrogens with zero attached hydrogens (tertiary/aromatic N) is 1. The van der Waals surface area contributed by atoms with Gasteiger partial charge in [0, 0.05) is 25.3 Å². The Balaban J connectivity index is 1.60. The number of benzene rings is 2. The number of amides is 3. The molecule has 5 nitrogen and oxygen atoms in total. The number of rotatable bonds is 4. The Kier molecular flexibility index (Phi) is 6.02. The van der Waals surface area contributed by atoms with Gasteiger partial charge >= 0.3 is 6.03 Å². The minimum Gasteiger partial charge on any atom is -0.351 e. The van der Waals surface area contributed by atoms with Gasteiger partial charge in [-0.2, -0.15) is 0 Å². The molecule has 1 saturated heterocycles. The maximum Gasteiger partial charge on any atom is 0.321 e. The normalized spacial score (nSPS) is 19.2. The predicted octanol–water partition coefficient (Wildman–Crippen LogP) is 4.25. The number of hydrogen-bond acceptors (Lipinski definition) is 2. The zero-order valence-electron chi connectivity index (χ0n) is 16.9. The van der Waals surface area contributed by atoms with Gasteiger partial charge in [-0.3, -0.25) is 4.79 Å². The summed E-state index contributed by atoms with van der Waals surface area (Å²) in [6.07, 6.45) is 1.59. The van der Waals surface area contributed by atoms with Crippen molar-refractivity contribution >= 4 is 17.6 Å². The van der Waals surface area contributed by atoms with Crippen LogP contribution < -0.4 is 10.6 Å². The monoisotopic (exact) mass is 379 g/mol. The number of hydrogen-bond donors (Lipinski definition) is 2. The summed E-state index contributed by atoms with van der Waals surface area (Å²) in [5.74, 6) is 0.00332. The van der Waals surface area contributed by atoms with Crippen LogP contribution in [0, 0.1) is 19.3 Å². The summed E-state index contributed by atoms with van der Waals surface area (Å²) in [4.78, 5) is 27.3. The molecule has 1 heterocycles. The van der Waals surface area contributed by atoms with Crippen molar-refractivity contribution in [3.05, 3.63) is 65.2 Å². The summed E-state index contributed by atoms with van der Waals surface area (Å²) in [5.41, 5.74) is 3.62. The van der Waals surface area contributed by atoms with E-state index in [2.05, 4.69) is 10.6 Å². The molecular weight excluding hydrogens is 350 g/mol. The van der Waals surface area contributed by atoms with E-state index in [9.17, 15) is 9.59 Å². The Morgan fingerprint density at radius 1 is 1.07 bits per heavy atom. The molecule has 148 valence electrons. The van der Waals surface area contributed by atoms with Crippen molar-refractivity contribution in [3.63, 3.8) is 0 Å². The Morgan fingerprint density at radius 2 is 1.79 bits per heavy atom. The lowest BCUT2D eigenvalue weighted by Crippen LogP contribution is -2.52. The van der Waals surface area contributed by atoms with Gasteiger partial charge in [0.1, 0.15) is 0 Å². The molecule has 0 saturated carbocycles. The quantitative estimate of drug-likeness (QED) is 0.834. The van der Waals surface area contributed by atoms with Crippen LogP contribution in [0.5, 0.6) is 0 Å². The Hall–Kier alpha value is -2.82. The lowest BCUT2D eigenvalue weighted by molar-refractivity contribution is -0.132. The summed E-state index contributed by atoms with van der Waals surface area (Å²) in [7, 11) is 0. The number of anilines is 1. The molecule has 0 aromatic heterocycles. The van der Waals surface area contributed by atoms with Gasteiger partial charge in [0.2, 0.25) is 5.91 Å². The Labute approximate surface area is 167 Å². The van der Waals surface area contributed by atoms with E-state index in [0.29, 0.717) is 19.6 Å². The van der Waals surface area contributed by atoms with Crippen LogP contribution in [0.1, 0.15) is 36.5 Å². The maximum absolute atomic E-state index is 12.9. The van der Waals surface area contributed by atoms with Crippen molar-refractivity contribution in [3.8, 4) is 0 Å². The van der Waals surface area contributed by atoms with Crippen molar-refractivity contribution in [2.45, 2.75) is 40.2 Å². The molecule has 1 aliphatic rings. The van der Waals surface area contributed by atoms with E-state index in [4.69, 9.17) is 0 Å².